The largest absolute Gasteiger partial charge is 0.461 e. The fourth-order valence-corrected chi connectivity index (χ4v) is 3.41. The van der Waals surface area contributed by atoms with Crippen molar-refractivity contribution in [3.63, 3.8) is 0 Å². The number of rotatable bonds is 2. The number of ether oxygens (including phenoxy) is 1. The fraction of sp³-hybridized carbons (Fsp3) is 0.500. The maximum absolute atomic E-state index is 12.8. The van der Waals surface area contributed by atoms with Crippen molar-refractivity contribution in [3.8, 4) is 11.5 Å². The van der Waals surface area contributed by atoms with E-state index in [4.69, 9.17) is 13.7 Å². The molecule has 4 rings (SSSR count). The normalized spacial score (nSPS) is 25.0. The topological polar surface area (TPSA) is 68.7 Å². The Balaban J connectivity index is 1.56. The lowest BCUT2D eigenvalue weighted by Crippen LogP contribution is -2.54. The van der Waals surface area contributed by atoms with Gasteiger partial charge in [-0.15, -0.1) is 0 Å². The van der Waals surface area contributed by atoms with Gasteiger partial charge in [0.2, 0.25) is 5.76 Å². The maximum Gasteiger partial charge on any atom is 0.276 e. The third-order valence-electron chi connectivity index (χ3n) is 4.49. The van der Waals surface area contributed by atoms with E-state index in [0.717, 1.165) is 19.3 Å². The lowest BCUT2D eigenvalue weighted by atomic mass is 9.90. The van der Waals surface area contributed by atoms with Gasteiger partial charge in [-0.05, 0) is 25.0 Å². The van der Waals surface area contributed by atoms with E-state index in [1.165, 1.54) is 6.42 Å². The third kappa shape index (κ3) is 2.33. The molecule has 6 nitrogen and oxygen atoms in total. The van der Waals surface area contributed by atoms with Crippen molar-refractivity contribution in [2.45, 2.75) is 37.8 Å². The van der Waals surface area contributed by atoms with Gasteiger partial charge < -0.3 is 18.6 Å². The van der Waals surface area contributed by atoms with Crippen molar-refractivity contribution in [3.05, 3.63) is 30.2 Å². The minimum atomic E-state index is -0.0817. The Bertz CT molecular complexity index is 647. The fourth-order valence-electron chi connectivity index (χ4n) is 3.41. The molecule has 1 aliphatic heterocycles. The molecule has 22 heavy (non-hydrogen) atoms. The molecule has 2 aliphatic rings. The number of hydrogen-bond donors (Lipinski definition) is 0. The molecule has 1 amide bonds. The summed E-state index contributed by atoms with van der Waals surface area (Å²) in [6.45, 7) is 1.21. The van der Waals surface area contributed by atoms with Crippen LogP contribution in [0.25, 0.3) is 11.5 Å². The molecular weight excluding hydrogens is 284 g/mol. The summed E-state index contributed by atoms with van der Waals surface area (Å²) >= 11 is 0. The number of amides is 1. The zero-order chi connectivity index (χ0) is 14.9. The number of nitrogens with zero attached hydrogens (tertiary/aromatic N) is 2. The predicted octanol–water partition coefficient (Wildman–Crippen LogP) is 2.72. The monoisotopic (exact) mass is 302 g/mol. The van der Waals surface area contributed by atoms with Gasteiger partial charge in [0.1, 0.15) is 0 Å². The lowest BCUT2D eigenvalue weighted by molar-refractivity contribution is -0.0755. The van der Waals surface area contributed by atoms with E-state index in [2.05, 4.69) is 5.16 Å². The molecule has 3 heterocycles. The van der Waals surface area contributed by atoms with Crippen LogP contribution < -0.4 is 0 Å². The summed E-state index contributed by atoms with van der Waals surface area (Å²) in [5, 5.41) is 3.92. The molecule has 0 spiro atoms. The van der Waals surface area contributed by atoms with Crippen molar-refractivity contribution >= 4 is 5.91 Å². The first-order chi connectivity index (χ1) is 10.8. The first kappa shape index (κ1) is 13.6. The summed E-state index contributed by atoms with van der Waals surface area (Å²) in [4.78, 5) is 14.7. The summed E-state index contributed by atoms with van der Waals surface area (Å²) in [7, 11) is 0. The number of furan rings is 1. The zero-order valence-corrected chi connectivity index (χ0v) is 12.2. The molecule has 116 valence electrons. The quantitative estimate of drug-likeness (QED) is 0.853. The van der Waals surface area contributed by atoms with E-state index in [1.54, 1.807) is 24.5 Å². The Hall–Kier alpha value is -2.08. The number of carbonyl (C=O) groups excluding carboxylic acids is 1. The summed E-state index contributed by atoms with van der Waals surface area (Å²) in [6.07, 6.45) is 6.08. The Morgan fingerprint density at radius 1 is 1.27 bits per heavy atom. The van der Waals surface area contributed by atoms with Gasteiger partial charge in [0, 0.05) is 12.6 Å². The Labute approximate surface area is 128 Å². The van der Waals surface area contributed by atoms with Crippen LogP contribution in [0.1, 0.15) is 36.2 Å². The van der Waals surface area contributed by atoms with Crippen LogP contribution in [0.3, 0.4) is 0 Å². The minimum absolute atomic E-state index is 0.0817. The van der Waals surface area contributed by atoms with Crippen LogP contribution >= 0.6 is 0 Å². The van der Waals surface area contributed by atoms with E-state index < -0.39 is 0 Å². The van der Waals surface area contributed by atoms with Crippen molar-refractivity contribution < 1.29 is 18.5 Å². The first-order valence-electron chi connectivity index (χ1n) is 7.76. The van der Waals surface area contributed by atoms with Crippen molar-refractivity contribution in [2.24, 2.45) is 0 Å². The highest BCUT2D eigenvalue weighted by Crippen LogP contribution is 2.30. The SMILES string of the molecule is O=C(c1cc(-c2ccco2)on1)N1CCO[C@@H]2CCCC[C@H]21. The predicted molar refractivity (Wildman–Crippen MR) is 77.2 cm³/mol. The van der Waals surface area contributed by atoms with Gasteiger partial charge in [-0.25, -0.2) is 0 Å². The van der Waals surface area contributed by atoms with Crippen molar-refractivity contribution in [1.82, 2.24) is 10.1 Å². The Kier molecular flexibility index (Phi) is 3.46. The van der Waals surface area contributed by atoms with Crippen LogP contribution in [-0.2, 0) is 4.74 Å². The van der Waals surface area contributed by atoms with Crippen molar-refractivity contribution in [2.75, 3.05) is 13.2 Å². The number of hydrogen-bond acceptors (Lipinski definition) is 5. The molecule has 1 saturated heterocycles. The molecule has 2 aromatic heterocycles. The first-order valence-corrected chi connectivity index (χ1v) is 7.76. The molecule has 1 aliphatic carbocycles. The molecule has 6 heteroatoms. The van der Waals surface area contributed by atoms with Gasteiger partial charge in [-0.2, -0.15) is 0 Å². The van der Waals surface area contributed by atoms with Crippen LogP contribution in [0.4, 0.5) is 0 Å². The second-order valence-corrected chi connectivity index (χ2v) is 5.81. The smallest absolute Gasteiger partial charge is 0.276 e. The molecule has 0 aromatic carbocycles. The number of fused-ring (bicyclic) bond motifs is 1. The van der Waals surface area contributed by atoms with Crippen LogP contribution in [0, 0.1) is 0 Å². The van der Waals surface area contributed by atoms with Crippen LogP contribution in [0.15, 0.2) is 33.4 Å². The summed E-state index contributed by atoms with van der Waals surface area (Å²) in [5.41, 5.74) is 0.331. The van der Waals surface area contributed by atoms with E-state index in [0.29, 0.717) is 30.4 Å². The molecule has 0 radical (unpaired) electrons. The van der Waals surface area contributed by atoms with E-state index >= 15 is 0 Å². The molecule has 2 atom stereocenters. The van der Waals surface area contributed by atoms with Crippen LogP contribution in [0.5, 0.6) is 0 Å². The highest BCUT2D eigenvalue weighted by Gasteiger charge is 2.37. The van der Waals surface area contributed by atoms with Gasteiger partial charge in [-0.1, -0.05) is 18.0 Å². The van der Waals surface area contributed by atoms with E-state index in [1.807, 2.05) is 4.90 Å². The van der Waals surface area contributed by atoms with Crippen molar-refractivity contribution in [1.29, 1.82) is 0 Å². The number of carbonyl (C=O) groups is 1. The van der Waals surface area contributed by atoms with Crippen LogP contribution in [0.2, 0.25) is 0 Å². The standard InChI is InChI=1S/C16H18N2O4/c19-16(11-10-15(22-17-11)14-6-3-8-20-14)18-7-9-21-13-5-2-1-4-12(13)18/h3,6,8,10,12-13H,1-2,4-5,7,9H2/t12-,13-/m1/s1. The van der Waals surface area contributed by atoms with Gasteiger partial charge >= 0.3 is 0 Å². The average molecular weight is 302 g/mol. The second-order valence-electron chi connectivity index (χ2n) is 5.81. The van der Waals surface area contributed by atoms with Gasteiger partial charge in [0.15, 0.2) is 11.5 Å². The summed E-state index contributed by atoms with van der Waals surface area (Å²) in [6, 6.07) is 5.36. The Morgan fingerprint density at radius 2 is 2.18 bits per heavy atom. The minimum Gasteiger partial charge on any atom is -0.461 e. The molecule has 2 fully saturated rings. The van der Waals surface area contributed by atoms with E-state index in [-0.39, 0.29) is 18.1 Å². The molecule has 2 aromatic rings. The molecular formula is C16H18N2O4. The number of morpholine rings is 1. The highest BCUT2D eigenvalue weighted by molar-refractivity contribution is 5.93. The third-order valence-corrected chi connectivity index (χ3v) is 4.49. The molecule has 0 bridgehead atoms. The van der Waals surface area contributed by atoms with Gasteiger partial charge in [-0.3, -0.25) is 4.79 Å². The average Bonchev–Trinajstić information content (AvgIpc) is 3.24. The van der Waals surface area contributed by atoms with Gasteiger partial charge in [0.05, 0.1) is 25.0 Å². The second kappa shape index (κ2) is 5.61. The molecule has 0 N–H and O–H groups in total. The number of aromatic nitrogens is 1. The maximum atomic E-state index is 12.8. The highest BCUT2D eigenvalue weighted by atomic mass is 16.5. The van der Waals surface area contributed by atoms with E-state index in [9.17, 15) is 4.79 Å². The lowest BCUT2D eigenvalue weighted by Gasteiger charge is -2.43. The molecule has 0 unspecified atom stereocenters. The van der Waals surface area contributed by atoms with Gasteiger partial charge in [0.25, 0.3) is 5.91 Å². The molecule has 1 saturated carbocycles. The zero-order valence-electron chi connectivity index (χ0n) is 12.2. The summed E-state index contributed by atoms with van der Waals surface area (Å²) < 4.78 is 16.3. The summed E-state index contributed by atoms with van der Waals surface area (Å²) in [5.74, 6) is 0.965. The Morgan fingerprint density at radius 3 is 3.05 bits per heavy atom. The van der Waals surface area contributed by atoms with Crippen LogP contribution in [-0.4, -0.2) is 41.3 Å².